The van der Waals surface area contributed by atoms with Crippen LogP contribution in [0.2, 0.25) is 0 Å². The molecule has 25 heavy (non-hydrogen) atoms. The Bertz CT molecular complexity index is 778. The molecule has 2 N–H and O–H groups in total. The van der Waals surface area contributed by atoms with Gasteiger partial charge in [-0.15, -0.1) is 12.4 Å². The molecular weight excluding hydrogens is 342 g/mol. The summed E-state index contributed by atoms with van der Waals surface area (Å²) in [4.78, 5) is 37.3. The van der Waals surface area contributed by atoms with Gasteiger partial charge in [0.25, 0.3) is 5.56 Å². The van der Waals surface area contributed by atoms with Crippen molar-refractivity contribution in [3.05, 3.63) is 52.2 Å². The number of carbonyl (C=O) groups excluding carboxylic acids is 1. The fraction of sp³-hybridized carbons (Fsp3) is 0.412. The first-order chi connectivity index (χ1) is 11.5. The molecule has 3 rings (SSSR count). The Morgan fingerprint density at radius 3 is 2.84 bits per heavy atom. The van der Waals surface area contributed by atoms with E-state index >= 15 is 0 Å². The SMILES string of the molecule is CC(C)Nc1nc(C2CC(=O)N(Cc3ccccn3)C2)cc(=O)[nH]1.Cl. The van der Waals surface area contributed by atoms with E-state index in [9.17, 15) is 9.59 Å². The van der Waals surface area contributed by atoms with Crippen LogP contribution in [-0.4, -0.2) is 38.3 Å². The molecule has 1 amide bonds. The van der Waals surface area contributed by atoms with Gasteiger partial charge in [0.1, 0.15) is 0 Å². The maximum atomic E-state index is 12.3. The molecule has 2 aromatic rings. The van der Waals surface area contributed by atoms with Crippen LogP contribution < -0.4 is 10.9 Å². The number of anilines is 1. The molecule has 0 bridgehead atoms. The van der Waals surface area contributed by atoms with Crippen LogP contribution in [0.1, 0.15) is 37.6 Å². The number of H-pyrrole nitrogens is 1. The minimum atomic E-state index is -0.209. The molecule has 3 heterocycles. The molecule has 1 unspecified atom stereocenters. The van der Waals surface area contributed by atoms with E-state index < -0.39 is 0 Å². The van der Waals surface area contributed by atoms with Gasteiger partial charge in [0.15, 0.2) is 0 Å². The Morgan fingerprint density at radius 1 is 1.36 bits per heavy atom. The van der Waals surface area contributed by atoms with Gasteiger partial charge in [-0.2, -0.15) is 0 Å². The molecular formula is C17H22ClN5O2. The number of aromatic amines is 1. The quantitative estimate of drug-likeness (QED) is 0.846. The van der Waals surface area contributed by atoms with Crippen molar-refractivity contribution in [3.8, 4) is 0 Å². The van der Waals surface area contributed by atoms with Crippen LogP contribution in [0.5, 0.6) is 0 Å². The van der Waals surface area contributed by atoms with Crippen molar-refractivity contribution in [2.45, 2.75) is 38.8 Å². The standard InChI is InChI=1S/C17H21N5O2.ClH/c1-11(2)19-17-20-14(8-15(23)21-17)12-7-16(24)22(9-12)10-13-5-3-4-6-18-13;/h3-6,8,11-12H,7,9-10H2,1-2H3,(H2,19,20,21,23);1H. The fourth-order valence-corrected chi connectivity index (χ4v) is 2.84. The Morgan fingerprint density at radius 2 is 2.16 bits per heavy atom. The van der Waals surface area contributed by atoms with Gasteiger partial charge < -0.3 is 10.2 Å². The number of rotatable bonds is 5. The van der Waals surface area contributed by atoms with Gasteiger partial charge in [-0.3, -0.25) is 19.6 Å². The summed E-state index contributed by atoms with van der Waals surface area (Å²) < 4.78 is 0. The van der Waals surface area contributed by atoms with Crippen molar-refractivity contribution >= 4 is 24.3 Å². The zero-order valence-electron chi connectivity index (χ0n) is 14.2. The summed E-state index contributed by atoms with van der Waals surface area (Å²) in [5.74, 6) is 0.436. The molecule has 1 atom stereocenters. The fourth-order valence-electron chi connectivity index (χ4n) is 2.84. The Labute approximate surface area is 152 Å². The first-order valence-corrected chi connectivity index (χ1v) is 8.07. The molecule has 0 saturated carbocycles. The van der Waals surface area contributed by atoms with E-state index in [0.717, 1.165) is 5.69 Å². The van der Waals surface area contributed by atoms with Crippen molar-refractivity contribution in [2.24, 2.45) is 0 Å². The molecule has 2 aromatic heterocycles. The molecule has 7 nitrogen and oxygen atoms in total. The van der Waals surface area contributed by atoms with E-state index in [1.54, 1.807) is 11.1 Å². The lowest BCUT2D eigenvalue weighted by Crippen LogP contribution is -2.25. The molecule has 1 fully saturated rings. The summed E-state index contributed by atoms with van der Waals surface area (Å²) in [7, 11) is 0. The maximum absolute atomic E-state index is 12.3. The molecule has 0 aliphatic carbocycles. The third-order valence-electron chi connectivity index (χ3n) is 3.90. The third kappa shape index (κ3) is 4.79. The van der Waals surface area contributed by atoms with E-state index in [2.05, 4.69) is 20.3 Å². The number of nitrogens with zero attached hydrogens (tertiary/aromatic N) is 3. The molecule has 0 spiro atoms. The van der Waals surface area contributed by atoms with Crippen LogP contribution in [0, 0.1) is 0 Å². The van der Waals surface area contributed by atoms with Crippen LogP contribution in [0.15, 0.2) is 35.3 Å². The molecule has 1 aliphatic heterocycles. The van der Waals surface area contributed by atoms with E-state index in [4.69, 9.17) is 0 Å². The zero-order valence-corrected chi connectivity index (χ0v) is 15.0. The molecule has 8 heteroatoms. The second kappa shape index (κ2) is 8.11. The summed E-state index contributed by atoms with van der Waals surface area (Å²) >= 11 is 0. The predicted molar refractivity (Wildman–Crippen MR) is 97.9 cm³/mol. The number of pyridine rings is 1. The van der Waals surface area contributed by atoms with Gasteiger partial charge >= 0.3 is 0 Å². The first kappa shape index (κ1) is 18.9. The van der Waals surface area contributed by atoms with Crippen LogP contribution in [0.4, 0.5) is 5.95 Å². The summed E-state index contributed by atoms with van der Waals surface area (Å²) in [5.41, 5.74) is 1.30. The number of hydrogen-bond acceptors (Lipinski definition) is 5. The Kier molecular flexibility index (Phi) is 6.14. The van der Waals surface area contributed by atoms with E-state index in [1.807, 2.05) is 32.0 Å². The summed E-state index contributed by atoms with van der Waals surface area (Å²) in [6.07, 6.45) is 2.08. The number of nitrogens with one attached hydrogen (secondary N) is 2. The number of carbonyl (C=O) groups is 1. The van der Waals surface area contributed by atoms with Crippen molar-refractivity contribution in [3.63, 3.8) is 0 Å². The topological polar surface area (TPSA) is 91.0 Å². The summed E-state index contributed by atoms with van der Waals surface area (Å²) in [6, 6.07) is 7.29. The van der Waals surface area contributed by atoms with E-state index in [0.29, 0.717) is 31.2 Å². The highest BCUT2D eigenvalue weighted by atomic mass is 35.5. The van der Waals surface area contributed by atoms with Crippen LogP contribution >= 0.6 is 12.4 Å². The molecule has 1 aliphatic rings. The Balaban J connectivity index is 0.00000225. The van der Waals surface area contributed by atoms with Gasteiger partial charge in [-0.1, -0.05) is 6.07 Å². The number of aromatic nitrogens is 3. The normalized spacial score (nSPS) is 16.8. The zero-order chi connectivity index (χ0) is 17.1. The number of likely N-dealkylation sites (tertiary alicyclic amines) is 1. The number of halogens is 1. The minimum Gasteiger partial charge on any atom is -0.354 e. The van der Waals surface area contributed by atoms with E-state index in [-0.39, 0.29) is 35.8 Å². The highest BCUT2D eigenvalue weighted by Crippen LogP contribution is 2.27. The molecule has 1 saturated heterocycles. The smallest absolute Gasteiger partial charge is 0.252 e. The third-order valence-corrected chi connectivity index (χ3v) is 3.90. The average molecular weight is 364 g/mol. The highest BCUT2D eigenvalue weighted by Gasteiger charge is 2.32. The van der Waals surface area contributed by atoms with Gasteiger partial charge in [0.2, 0.25) is 11.9 Å². The lowest BCUT2D eigenvalue weighted by atomic mass is 10.0. The minimum absolute atomic E-state index is 0. The highest BCUT2D eigenvalue weighted by molar-refractivity contribution is 5.85. The summed E-state index contributed by atoms with van der Waals surface area (Å²) in [6.45, 7) is 4.98. The summed E-state index contributed by atoms with van der Waals surface area (Å²) in [5, 5.41) is 3.10. The molecule has 134 valence electrons. The molecule has 0 aromatic carbocycles. The van der Waals surface area contributed by atoms with Crippen LogP contribution in [-0.2, 0) is 11.3 Å². The van der Waals surface area contributed by atoms with E-state index in [1.165, 1.54) is 6.07 Å². The van der Waals surface area contributed by atoms with Crippen molar-refractivity contribution in [2.75, 3.05) is 11.9 Å². The molecule has 0 radical (unpaired) electrons. The number of hydrogen-bond donors (Lipinski definition) is 2. The van der Waals surface area contributed by atoms with Gasteiger partial charge in [-0.25, -0.2) is 4.98 Å². The largest absolute Gasteiger partial charge is 0.354 e. The second-order valence-corrected chi connectivity index (χ2v) is 6.31. The Hall–Kier alpha value is -2.41. The monoisotopic (exact) mass is 363 g/mol. The maximum Gasteiger partial charge on any atom is 0.252 e. The van der Waals surface area contributed by atoms with Crippen LogP contribution in [0.25, 0.3) is 0 Å². The van der Waals surface area contributed by atoms with Gasteiger partial charge in [0, 0.05) is 37.2 Å². The average Bonchev–Trinajstić information content (AvgIpc) is 2.88. The first-order valence-electron chi connectivity index (χ1n) is 8.07. The predicted octanol–water partition coefficient (Wildman–Crippen LogP) is 1.92. The number of amides is 1. The van der Waals surface area contributed by atoms with Crippen molar-refractivity contribution < 1.29 is 4.79 Å². The lowest BCUT2D eigenvalue weighted by molar-refractivity contribution is -0.128. The second-order valence-electron chi connectivity index (χ2n) is 6.31. The van der Waals surface area contributed by atoms with Crippen molar-refractivity contribution in [1.82, 2.24) is 19.9 Å². The van der Waals surface area contributed by atoms with Gasteiger partial charge in [-0.05, 0) is 26.0 Å². The van der Waals surface area contributed by atoms with Gasteiger partial charge in [0.05, 0.1) is 17.9 Å². The van der Waals surface area contributed by atoms with Crippen molar-refractivity contribution in [1.29, 1.82) is 0 Å². The lowest BCUT2D eigenvalue weighted by Gasteiger charge is -2.16. The van der Waals surface area contributed by atoms with Crippen LogP contribution in [0.3, 0.4) is 0 Å².